The van der Waals surface area contributed by atoms with Crippen molar-refractivity contribution in [3.8, 4) is 0 Å². The van der Waals surface area contributed by atoms with Crippen LogP contribution in [0.15, 0.2) is 0 Å². The Morgan fingerprint density at radius 3 is 2.53 bits per heavy atom. The summed E-state index contributed by atoms with van der Waals surface area (Å²) < 4.78 is 0. The van der Waals surface area contributed by atoms with Crippen molar-refractivity contribution in [2.24, 2.45) is 11.3 Å². The van der Waals surface area contributed by atoms with Gasteiger partial charge in [-0.25, -0.2) is 4.79 Å². The summed E-state index contributed by atoms with van der Waals surface area (Å²) in [5, 5.41) is 9.99. The van der Waals surface area contributed by atoms with Gasteiger partial charge in [0.2, 0.25) is 0 Å². The largest absolute Gasteiger partial charge is 0.393 e. The number of amides is 2. The van der Waals surface area contributed by atoms with E-state index in [2.05, 4.69) is 20.8 Å². The number of hydrogen-bond donors (Lipinski definition) is 1. The van der Waals surface area contributed by atoms with Gasteiger partial charge in [-0.05, 0) is 37.0 Å². The normalized spacial score (nSPS) is 33.7. The minimum absolute atomic E-state index is 0.139. The maximum atomic E-state index is 12.4. The van der Waals surface area contributed by atoms with Crippen molar-refractivity contribution in [2.75, 3.05) is 20.1 Å². The number of rotatable bonds is 1. The van der Waals surface area contributed by atoms with Gasteiger partial charge in [-0.2, -0.15) is 0 Å². The summed E-state index contributed by atoms with van der Waals surface area (Å²) in [5.74, 6) is 0.478. The average molecular weight is 268 g/mol. The van der Waals surface area contributed by atoms with Crippen LogP contribution in [0.3, 0.4) is 0 Å². The number of nitrogens with zero attached hydrogens (tertiary/aromatic N) is 2. The first-order valence-corrected chi connectivity index (χ1v) is 7.50. The molecule has 1 saturated heterocycles. The third-order valence-corrected chi connectivity index (χ3v) is 4.77. The van der Waals surface area contributed by atoms with Crippen molar-refractivity contribution >= 4 is 6.03 Å². The number of carbonyl (C=O) groups excluding carboxylic acids is 1. The molecule has 4 nitrogen and oxygen atoms in total. The molecule has 2 fully saturated rings. The Bertz CT molecular complexity index is 338. The molecule has 0 aromatic heterocycles. The van der Waals surface area contributed by atoms with E-state index in [0.717, 1.165) is 38.8 Å². The Hall–Kier alpha value is -0.770. The van der Waals surface area contributed by atoms with Gasteiger partial charge >= 0.3 is 6.03 Å². The molecule has 4 heteroatoms. The highest BCUT2D eigenvalue weighted by Crippen LogP contribution is 2.41. The summed E-state index contributed by atoms with van der Waals surface area (Å²) in [7, 11) is 1.87. The van der Waals surface area contributed by atoms with Gasteiger partial charge in [-0.1, -0.05) is 20.8 Å². The fraction of sp³-hybridized carbons (Fsp3) is 0.933. The molecule has 0 bridgehead atoms. The molecule has 2 rings (SSSR count). The van der Waals surface area contributed by atoms with Gasteiger partial charge in [-0.15, -0.1) is 0 Å². The van der Waals surface area contributed by atoms with Gasteiger partial charge < -0.3 is 14.9 Å². The molecule has 3 unspecified atom stereocenters. The Kier molecular flexibility index (Phi) is 4.09. The highest BCUT2D eigenvalue weighted by atomic mass is 16.3. The second kappa shape index (κ2) is 5.31. The molecule has 110 valence electrons. The third kappa shape index (κ3) is 3.04. The molecule has 1 aliphatic heterocycles. The zero-order chi connectivity index (χ0) is 14.2. The molecule has 1 heterocycles. The number of carbonyl (C=O) groups is 1. The van der Waals surface area contributed by atoms with Crippen LogP contribution in [-0.4, -0.2) is 53.2 Å². The van der Waals surface area contributed by atoms with Gasteiger partial charge in [0.05, 0.1) is 6.10 Å². The standard InChI is InChI=1S/C15H28N2O2/c1-15(2,3)12-7-6-11(18)10-13(12)17-9-5-8-16(4)14(17)19/h11-13,18H,5-10H2,1-4H3. The van der Waals surface area contributed by atoms with Crippen molar-refractivity contribution in [1.29, 1.82) is 0 Å². The minimum Gasteiger partial charge on any atom is -0.393 e. The number of aliphatic hydroxyl groups is 1. The van der Waals surface area contributed by atoms with Crippen LogP contribution in [0.2, 0.25) is 0 Å². The van der Waals surface area contributed by atoms with E-state index in [4.69, 9.17) is 0 Å². The van der Waals surface area contributed by atoms with E-state index in [0.29, 0.717) is 5.92 Å². The smallest absolute Gasteiger partial charge is 0.320 e. The highest BCUT2D eigenvalue weighted by Gasteiger charge is 2.42. The molecule has 0 aromatic rings. The molecule has 0 aromatic carbocycles. The fourth-order valence-electron chi connectivity index (χ4n) is 3.68. The first-order chi connectivity index (χ1) is 8.80. The molecule has 2 amide bonds. The molecule has 3 atom stereocenters. The Morgan fingerprint density at radius 1 is 1.21 bits per heavy atom. The summed E-state index contributed by atoms with van der Waals surface area (Å²) in [5.41, 5.74) is 0.182. The van der Waals surface area contributed by atoms with Gasteiger partial charge in [0, 0.05) is 26.2 Å². The molecule has 19 heavy (non-hydrogen) atoms. The van der Waals surface area contributed by atoms with Crippen molar-refractivity contribution in [2.45, 2.75) is 58.6 Å². The van der Waals surface area contributed by atoms with Gasteiger partial charge in [0.15, 0.2) is 0 Å². The second-order valence-electron chi connectivity index (χ2n) is 7.26. The fourth-order valence-corrected chi connectivity index (χ4v) is 3.68. The molecule has 1 aliphatic carbocycles. The van der Waals surface area contributed by atoms with E-state index in [-0.39, 0.29) is 23.6 Å². The lowest BCUT2D eigenvalue weighted by Gasteiger charge is -2.49. The van der Waals surface area contributed by atoms with Gasteiger partial charge in [0.25, 0.3) is 0 Å². The predicted molar refractivity (Wildman–Crippen MR) is 75.9 cm³/mol. The van der Waals surface area contributed by atoms with Crippen molar-refractivity contribution in [1.82, 2.24) is 9.80 Å². The summed E-state index contributed by atoms with van der Waals surface area (Å²) in [6.07, 6.45) is 3.41. The molecule has 1 N–H and O–H groups in total. The summed E-state index contributed by atoms with van der Waals surface area (Å²) in [6.45, 7) is 8.44. The summed E-state index contributed by atoms with van der Waals surface area (Å²) in [6, 6.07) is 0.332. The maximum absolute atomic E-state index is 12.4. The van der Waals surface area contributed by atoms with Crippen LogP contribution < -0.4 is 0 Å². The maximum Gasteiger partial charge on any atom is 0.320 e. The van der Waals surface area contributed by atoms with E-state index in [1.807, 2.05) is 16.8 Å². The highest BCUT2D eigenvalue weighted by molar-refractivity contribution is 5.75. The van der Waals surface area contributed by atoms with Crippen LogP contribution in [0.5, 0.6) is 0 Å². The van der Waals surface area contributed by atoms with E-state index >= 15 is 0 Å². The predicted octanol–water partition coefficient (Wildman–Crippen LogP) is 2.32. The molecular weight excluding hydrogens is 240 g/mol. The molecule has 0 radical (unpaired) electrons. The lowest BCUT2D eigenvalue weighted by atomic mass is 9.68. The average Bonchev–Trinajstić information content (AvgIpc) is 2.31. The van der Waals surface area contributed by atoms with Gasteiger partial charge in [0.1, 0.15) is 0 Å². The van der Waals surface area contributed by atoms with Crippen LogP contribution in [0.4, 0.5) is 4.79 Å². The zero-order valence-electron chi connectivity index (χ0n) is 12.7. The molecule has 2 aliphatic rings. The van der Waals surface area contributed by atoms with Crippen LogP contribution in [0.25, 0.3) is 0 Å². The topological polar surface area (TPSA) is 43.8 Å². The molecule has 1 saturated carbocycles. The molecular formula is C15H28N2O2. The lowest BCUT2D eigenvalue weighted by Crippen LogP contribution is -2.57. The van der Waals surface area contributed by atoms with Crippen LogP contribution in [-0.2, 0) is 0 Å². The second-order valence-corrected chi connectivity index (χ2v) is 7.26. The summed E-state index contributed by atoms with van der Waals surface area (Å²) in [4.78, 5) is 16.2. The summed E-state index contributed by atoms with van der Waals surface area (Å²) >= 11 is 0. The monoisotopic (exact) mass is 268 g/mol. The minimum atomic E-state index is -0.247. The van der Waals surface area contributed by atoms with Crippen LogP contribution >= 0.6 is 0 Å². The number of urea groups is 1. The SMILES string of the molecule is CN1CCCN(C2CC(O)CCC2C(C)(C)C)C1=O. The zero-order valence-corrected chi connectivity index (χ0v) is 12.7. The number of aliphatic hydroxyl groups excluding tert-OH is 1. The number of hydrogen-bond acceptors (Lipinski definition) is 2. The lowest BCUT2D eigenvalue weighted by molar-refractivity contribution is -0.00790. The van der Waals surface area contributed by atoms with E-state index in [1.54, 1.807) is 0 Å². The van der Waals surface area contributed by atoms with Crippen molar-refractivity contribution in [3.05, 3.63) is 0 Å². The molecule has 0 spiro atoms. The van der Waals surface area contributed by atoms with E-state index in [1.165, 1.54) is 0 Å². The van der Waals surface area contributed by atoms with E-state index in [9.17, 15) is 9.90 Å². The Labute approximate surface area is 116 Å². The third-order valence-electron chi connectivity index (χ3n) is 4.77. The van der Waals surface area contributed by atoms with Crippen LogP contribution in [0, 0.1) is 11.3 Å². The van der Waals surface area contributed by atoms with Crippen LogP contribution in [0.1, 0.15) is 46.5 Å². The Morgan fingerprint density at radius 2 is 1.89 bits per heavy atom. The quantitative estimate of drug-likeness (QED) is 0.793. The first kappa shape index (κ1) is 14.6. The van der Waals surface area contributed by atoms with Crippen molar-refractivity contribution in [3.63, 3.8) is 0 Å². The Balaban J connectivity index is 2.19. The van der Waals surface area contributed by atoms with E-state index < -0.39 is 0 Å². The first-order valence-electron chi connectivity index (χ1n) is 7.50. The van der Waals surface area contributed by atoms with Crippen molar-refractivity contribution < 1.29 is 9.90 Å². The van der Waals surface area contributed by atoms with Gasteiger partial charge in [-0.3, -0.25) is 0 Å².